The van der Waals surface area contributed by atoms with E-state index in [0.29, 0.717) is 6.54 Å². The maximum atomic E-state index is 5.64. The van der Waals surface area contributed by atoms with Crippen molar-refractivity contribution in [3.05, 3.63) is 24.2 Å². The van der Waals surface area contributed by atoms with E-state index in [4.69, 9.17) is 14.1 Å². The van der Waals surface area contributed by atoms with Gasteiger partial charge in [-0.15, -0.1) is 0 Å². The summed E-state index contributed by atoms with van der Waals surface area (Å²) in [6.07, 6.45) is 3.87. The lowest BCUT2D eigenvalue weighted by atomic mass is 10.2. The minimum absolute atomic E-state index is 0.165. The van der Waals surface area contributed by atoms with Crippen LogP contribution < -0.4 is 10.6 Å². The summed E-state index contributed by atoms with van der Waals surface area (Å²) in [5, 5.41) is 6.73. The standard InChI is InChI=1S/C19H36N4O2/c1-5-20-19(21-13-9-10-14-24-8-4)22-16-17(23(6-2)7-3)18-12-11-15-25-18/h11-12,15,17H,5-10,13-14,16H2,1-4H3,(H2,20,21,22). The molecule has 0 bridgehead atoms. The topological polar surface area (TPSA) is 62.0 Å². The Balaban J connectivity index is 2.59. The van der Waals surface area contributed by atoms with Gasteiger partial charge >= 0.3 is 0 Å². The zero-order chi connectivity index (χ0) is 18.3. The maximum absolute atomic E-state index is 5.64. The number of guanidine groups is 1. The van der Waals surface area contributed by atoms with Crippen LogP contribution in [0.5, 0.6) is 0 Å². The summed E-state index contributed by atoms with van der Waals surface area (Å²) < 4.78 is 11.0. The van der Waals surface area contributed by atoms with Crippen LogP contribution in [0.25, 0.3) is 0 Å². The van der Waals surface area contributed by atoms with E-state index in [0.717, 1.165) is 64.0 Å². The predicted molar refractivity (Wildman–Crippen MR) is 104 cm³/mol. The number of likely N-dealkylation sites (N-methyl/N-ethyl adjacent to an activating group) is 1. The van der Waals surface area contributed by atoms with Crippen molar-refractivity contribution in [2.45, 2.75) is 46.6 Å². The number of hydrogen-bond donors (Lipinski definition) is 2. The van der Waals surface area contributed by atoms with E-state index >= 15 is 0 Å². The molecule has 2 N–H and O–H groups in total. The Morgan fingerprint density at radius 1 is 1.20 bits per heavy atom. The Kier molecular flexibility index (Phi) is 11.8. The molecule has 0 spiro atoms. The highest BCUT2D eigenvalue weighted by atomic mass is 16.5. The molecule has 1 aromatic rings. The van der Waals surface area contributed by atoms with E-state index in [-0.39, 0.29) is 6.04 Å². The Morgan fingerprint density at radius 2 is 2.00 bits per heavy atom. The van der Waals surface area contributed by atoms with Crippen LogP contribution in [0.4, 0.5) is 0 Å². The summed E-state index contributed by atoms with van der Waals surface area (Å²) >= 11 is 0. The summed E-state index contributed by atoms with van der Waals surface area (Å²) in [5.74, 6) is 1.84. The fourth-order valence-corrected chi connectivity index (χ4v) is 2.73. The minimum atomic E-state index is 0.165. The summed E-state index contributed by atoms with van der Waals surface area (Å²) in [6, 6.07) is 4.14. The number of aliphatic imine (C=N–C) groups is 1. The van der Waals surface area contributed by atoms with Crippen LogP contribution in [-0.2, 0) is 4.74 Å². The minimum Gasteiger partial charge on any atom is -0.468 e. The molecule has 0 fully saturated rings. The van der Waals surface area contributed by atoms with Crippen LogP contribution >= 0.6 is 0 Å². The molecular weight excluding hydrogens is 316 g/mol. The quantitative estimate of drug-likeness (QED) is 0.325. The third-order valence-corrected chi connectivity index (χ3v) is 4.10. The van der Waals surface area contributed by atoms with Gasteiger partial charge in [0.2, 0.25) is 0 Å². The predicted octanol–water partition coefficient (Wildman–Crippen LogP) is 3.03. The van der Waals surface area contributed by atoms with Gasteiger partial charge in [-0.05, 0) is 51.9 Å². The third kappa shape index (κ3) is 8.40. The van der Waals surface area contributed by atoms with Crippen LogP contribution in [0.1, 0.15) is 52.3 Å². The van der Waals surface area contributed by atoms with Crippen LogP contribution in [-0.4, -0.2) is 56.8 Å². The highest BCUT2D eigenvalue weighted by Crippen LogP contribution is 2.21. The second-order valence-corrected chi connectivity index (χ2v) is 5.80. The lowest BCUT2D eigenvalue weighted by molar-refractivity contribution is 0.143. The van der Waals surface area contributed by atoms with Gasteiger partial charge in [0.15, 0.2) is 5.96 Å². The molecule has 6 nitrogen and oxygen atoms in total. The SMILES string of the molecule is CCNC(=NCC(c1ccco1)N(CC)CC)NCCCCOCC. The number of nitrogens with zero attached hydrogens (tertiary/aromatic N) is 2. The zero-order valence-electron chi connectivity index (χ0n) is 16.4. The monoisotopic (exact) mass is 352 g/mol. The number of unbranched alkanes of at least 4 members (excludes halogenated alkanes) is 1. The average Bonchev–Trinajstić information content (AvgIpc) is 3.15. The Hall–Kier alpha value is -1.53. The molecule has 1 heterocycles. The molecular formula is C19H36N4O2. The molecule has 0 aliphatic carbocycles. The van der Waals surface area contributed by atoms with E-state index in [1.165, 1.54) is 0 Å². The Morgan fingerprint density at radius 3 is 2.60 bits per heavy atom. The van der Waals surface area contributed by atoms with Crippen molar-refractivity contribution < 1.29 is 9.15 Å². The first kappa shape index (κ1) is 21.5. The average molecular weight is 353 g/mol. The van der Waals surface area contributed by atoms with Gasteiger partial charge in [0.1, 0.15) is 5.76 Å². The summed E-state index contributed by atoms with van der Waals surface area (Å²) in [6.45, 7) is 14.4. The largest absolute Gasteiger partial charge is 0.468 e. The normalized spacial score (nSPS) is 13.2. The van der Waals surface area contributed by atoms with Gasteiger partial charge in [-0.25, -0.2) is 0 Å². The number of rotatable bonds is 13. The number of ether oxygens (including phenoxy) is 1. The number of furan rings is 1. The van der Waals surface area contributed by atoms with E-state index in [1.54, 1.807) is 6.26 Å². The van der Waals surface area contributed by atoms with E-state index in [2.05, 4.69) is 36.3 Å². The first-order valence-corrected chi connectivity index (χ1v) is 9.64. The highest BCUT2D eigenvalue weighted by Gasteiger charge is 2.20. The van der Waals surface area contributed by atoms with Crippen LogP contribution in [0, 0.1) is 0 Å². The second kappa shape index (κ2) is 13.7. The first-order chi connectivity index (χ1) is 12.3. The highest BCUT2D eigenvalue weighted by molar-refractivity contribution is 5.79. The van der Waals surface area contributed by atoms with E-state index < -0.39 is 0 Å². The van der Waals surface area contributed by atoms with Gasteiger partial charge in [-0.1, -0.05) is 13.8 Å². The lowest BCUT2D eigenvalue weighted by Crippen LogP contribution is -2.39. The van der Waals surface area contributed by atoms with Crippen LogP contribution in [0.15, 0.2) is 27.8 Å². The summed E-state index contributed by atoms with van der Waals surface area (Å²) in [5.41, 5.74) is 0. The van der Waals surface area contributed by atoms with E-state index in [9.17, 15) is 0 Å². The summed E-state index contributed by atoms with van der Waals surface area (Å²) in [4.78, 5) is 7.15. The fourth-order valence-electron chi connectivity index (χ4n) is 2.73. The van der Waals surface area contributed by atoms with E-state index in [1.807, 2.05) is 19.1 Å². The molecule has 25 heavy (non-hydrogen) atoms. The number of nitrogens with one attached hydrogen (secondary N) is 2. The Bertz CT molecular complexity index is 444. The van der Waals surface area contributed by atoms with Crippen molar-refractivity contribution in [2.75, 3.05) is 45.9 Å². The first-order valence-electron chi connectivity index (χ1n) is 9.64. The van der Waals surface area contributed by atoms with Crippen molar-refractivity contribution in [1.82, 2.24) is 15.5 Å². The molecule has 144 valence electrons. The van der Waals surface area contributed by atoms with Gasteiger partial charge in [0, 0.05) is 26.3 Å². The second-order valence-electron chi connectivity index (χ2n) is 5.80. The lowest BCUT2D eigenvalue weighted by Gasteiger charge is -2.27. The van der Waals surface area contributed by atoms with Crippen molar-refractivity contribution in [3.63, 3.8) is 0 Å². The van der Waals surface area contributed by atoms with Crippen molar-refractivity contribution in [3.8, 4) is 0 Å². The molecule has 0 aliphatic heterocycles. The molecule has 1 aromatic heterocycles. The molecule has 1 atom stereocenters. The van der Waals surface area contributed by atoms with Gasteiger partial charge < -0.3 is 19.8 Å². The van der Waals surface area contributed by atoms with Gasteiger partial charge in [0.05, 0.1) is 18.8 Å². The summed E-state index contributed by atoms with van der Waals surface area (Å²) in [7, 11) is 0. The molecule has 0 radical (unpaired) electrons. The van der Waals surface area contributed by atoms with Gasteiger partial charge in [0.25, 0.3) is 0 Å². The molecule has 0 saturated heterocycles. The molecule has 0 aromatic carbocycles. The molecule has 0 amide bonds. The van der Waals surface area contributed by atoms with Crippen molar-refractivity contribution in [2.24, 2.45) is 4.99 Å². The fraction of sp³-hybridized carbons (Fsp3) is 0.737. The maximum Gasteiger partial charge on any atom is 0.191 e. The third-order valence-electron chi connectivity index (χ3n) is 4.10. The van der Waals surface area contributed by atoms with Gasteiger partial charge in [-0.2, -0.15) is 0 Å². The molecule has 6 heteroatoms. The molecule has 1 unspecified atom stereocenters. The number of hydrogen-bond acceptors (Lipinski definition) is 4. The smallest absolute Gasteiger partial charge is 0.191 e. The van der Waals surface area contributed by atoms with Crippen LogP contribution in [0.3, 0.4) is 0 Å². The molecule has 0 saturated carbocycles. The van der Waals surface area contributed by atoms with Gasteiger partial charge in [-0.3, -0.25) is 9.89 Å². The molecule has 0 aliphatic rings. The zero-order valence-corrected chi connectivity index (χ0v) is 16.4. The molecule has 1 rings (SSSR count). The Labute approximate surface area is 153 Å². The van der Waals surface area contributed by atoms with Crippen LogP contribution in [0.2, 0.25) is 0 Å². The van der Waals surface area contributed by atoms with Crippen molar-refractivity contribution in [1.29, 1.82) is 0 Å². The van der Waals surface area contributed by atoms with Crippen molar-refractivity contribution >= 4 is 5.96 Å².